The molecule has 1 spiro atoms. The number of carbonyl (C=O) groups is 3. The van der Waals surface area contributed by atoms with Crippen LogP contribution in [0.4, 0.5) is 0 Å². The van der Waals surface area contributed by atoms with Gasteiger partial charge in [-0.2, -0.15) is 0 Å². The van der Waals surface area contributed by atoms with Crippen molar-refractivity contribution < 1.29 is 29.0 Å². The highest BCUT2D eigenvalue weighted by atomic mass is 16.6. The number of aliphatic hydroxyl groups is 1. The van der Waals surface area contributed by atoms with Gasteiger partial charge in [-0.15, -0.1) is 13.2 Å². The number of aliphatic hydroxyl groups excluding tert-OH is 1. The van der Waals surface area contributed by atoms with Crippen molar-refractivity contribution in [2.24, 2.45) is 11.8 Å². The van der Waals surface area contributed by atoms with Crippen LogP contribution in [0.3, 0.4) is 0 Å². The van der Waals surface area contributed by atoms with Crippen molar-refractivity contribution in [2.45, 2.75) is 102 Å². The fourth-order valence-corrected chi connectivity index (χ4v) is 6.71. The Morgan fingerprint density at radius 1 is 1.24 bits per heavy atom. The van der Waals surface area contributed by atoms with Crippen molar-refractivity contribution in [3.63, 3.8) is 0 Å². The predicted octanol–water partition coefficient (Wildman–Crippen LogP) is 3.63. The average molecular weight is 519 g/mol. The van der Waals surface area contributed by atoms with Gasteiger partial charge in [-0.3, -0.25) is 14.4 Å². The predicted molar refractivity (Wildman–Crippen MR) is 142 cm³/mol. The van der Waals surface area contributed by atoms with E-state index in [0.717, 1.165) is 32.1 Å². The number of carbonyl (C=O) groups excluding carboxylic acids is 3. The molecule has 0 saturated carbocycles. The molecule has 8 nitrogen and oxygen atoms in total. The maximum absolute atomic E-state index is 14.2. The smallest absolute Gasteiger partial charge is 0.312 e. The van der Waals surface area contributed by atoms with E-state index in [1.807, 2.05) is 19.9 Å². The largest absolute Gasteiger partial charge is 0.465 e. The zero-order valence-electron chi connectivity index (χ0n) is 23.0. The Labute approximate surface area is 222 Å². The Morgan fingerprint density at radius 3 is 2.65 bits per heavy atom. The first kappa shape index (κ1) is 29.4. The number of amides is 2. The summed E-state index contributed by atoms with van der Waals surface area (Å²) in [5.74, 6) is -2.26. The van der Waals surface area contributed by atoms with Crippen molar-refractivity contribution in [1.29, 1.82) is 0 Å². The van der Waals surface area contributed by atoms with Gasteiger partial charge in [0.05, 0.1) is 18.1 Å². The summed E-state index contributed by atoms with van der Waals surface area (Å²) in [6.07, 6.45) is 10.0. The lowest BCUT2D eigenvalue weighted by molar-refractivity contribution is -0.160. The maximum Gasteiger partial charge on any atom is 0.312 e. The minimum atomic E-state index is -1.06. The van der Waals surface area contributed by atoms with Crippen LogP contribution in [0, 0.1) is 11.8 Å². The van der Waals surface area contributed by atoms with E-state index in [9.17, 15) is 19.5 Å². The summed E-state index contributed by atoms with van der Waals surface area (Å²) in [5.41, 5.74) is -1.90. The molecular weight excluding hydrogens is 472 g/mol. The standard InChI is InChI=1S/C29H46N2O6/c1-6-9-10-13-20-36-27(35)23-22-25(33)31(18-11-12-19-32)24(29(22)16-15-28(23,5)37-29)26(34)30(17-8-3)21(4)14-7-2/h6,8,21-24,32H,1,3,7,9-20H2,2,4-5H3/t21?,22-,23-,24?,28+,29?/m0/s1. The van der Waals surface area contributed by atoms with Gasteiger partial charge in [0.2, 0.25) is 11.8 Å². The van der Waals surface area contributed by atoms with E-state index in [1.54, 1.807) is 15.9 Å². The highest BCUT2D eigenvalue weighted by Gasteiger charge is 2.78. The summed E-state index contributed by atoms with van der Waals surface area (Å²) in [6.45, 7) is 14.6. The molecule has 3 saturated heterocycles. The van der Waals surface area contributed by atoms with E-state index in [2.05, 4.69) is 20.1 Å². The number of rotatable bonds is 16. The number of unbranched alkanes of at least 4 members (excludes halogenated alkanes) is 3. The fraction of sp³-hybridized carbons (Fsp3) is 0.759. The minimum Gasteiger partial charge on any atom is -0.465 e. The van der Waals surface area contributed by atoms with Crippen LogP contribution < -0.4 is 0 Å². The second-order valence-electron chi connectivity index (χ2n) is 11.1. The van der Waals surface area contributed by atoms with Crippen molar-refractivity contribution in [3.8, 4) is 0 Å². The van der Waals surface area contributed by atoms with Gasteiger partial charge in [0.25, 0.3) is 0 Å². The number of allylic oxidation sites excluding steroid dienone is 1. The molecule has 2 bridgehead atoms. The molecule has 0 aliphatic carbocycles. The number of hydrogen-bond donors (Lipinski definition) is 1. The fourth-order valence-electron chi connectivity index (χ4n) is 6.71. The van der Waals surface area contributed by atoms with E-state index in [0.29, 0.717) is 38.8 Å². The van der Waals surface area contributed by atoms with Crippen LogP contribution in [0.1, 0.15) is 78.6 Å². The van der Waals surface area contributed by atoms with E-state index >= 15 is 0 Å². The highest BCUT2D eigenvalue weighted by Crippen LogP contribution is 2.63. The van der Waals surface area contributed by atoms with Gasteiger partial charge in [-0.1, -0.05) is 25.5 Å². The molecule has 1 N–H and O–H groups in total. The first-order chi connectivity index (χ1) is 17.7. The van der Waals surface area contributed by atoms with E-state index in [4.69, 9.17) is 9.47 Å². The van der Waals surface area contributed by atoms with Crippen LogP contribution in [-0.4, -0.2) is 82.3 Å². The van der Waals surface area contributed by atoms with Crippen LogP contribution in [-0.2, 0) is 23.9 Å². The van der Waals surface area contributed by atoms with Crippen LogP contribution in [0.15, 0.2) is 25.3 Å². The third-order valence-corrected chi connectivity index (χ3v) is 8.47. The quantitative estimate of drug-likeness (QED) is 0.190. The lowest BCUT2D eigenvalue weighted by Gasteiger charge is -2.39. The van der Waals surface area contributed by atoms with Crippen molar-refractivity contribution in [1.82, 2.24) is 9.80 Å². The summed E-state index contributed by atoms with van der Waals surface area (Å²) in [7, 11) is 0. The normalized spacial score (nSPS) is 30.8. The molecule has 37 heavy (non-hydrogen) atoms. The average Bonchev–Trinajstić information content (AvgIpc) is 3.43. The minimum absolute atomic E-state index is 0.0146. The first-order valence-electron chi connectivity index (χ1n) is 14.0. The highest BCUT2D eigenvalue weighted by molar-refractivity contribution is 5.98. The number of ether oxygens (including phenoxy) is 2. The Hall–Kier alpha value is -2.19. The first-order valence-corrected chi connectivity index (χ1v) is 14.0. The lowest BCUT2D eigenvalue weighted by Crippen LogP contribution is -2.58. The zero-order valence-corrected chi connectivity index (χ0v) is 23.0. The third kappa shape index (κ3) is 5.51. The molecule has 3 rings (SSSR count). The molecule has 2 amide bonds. The second kappa shape index (κ2) is 12.6. The number of hydrogen-bond acceptors (Lipinski definition) is 6. The number of nitrogens with zero attached hydrogens (tertiary/aromatic N) is 2. The molecule has 0 aromatic carbocycles. The van der Waals surface area contributed by atoms with E-state index in [1.165, 1.54) is 0 Å². The van der Waals surface area contributed by atoms with Crippen LogP contribution in [0.5, 0.6) is 0 Å². The van der Waals surface area contributed by atoms with Crippen LogP contribution in [0.2, 0.25) is 0 Å². The monoisotopic (exact) mass is 518 g/mol. The molecule has 3 aliphatic rings. The van der Waals surface area contributed by atoms with Crippen molar-refractivity contribution in [3.05, 3.63) is 25.3 Å². The summed E-state index contributed by atoms with van der Waals surface area (Å²) in [4.78, 5) is 45.1. The van der Waals surface area contributed by atoms with Crippen molar-refractivity contribution >= 4 is 17.8 Å². The van der Waals surface area contributed by atoms with Crippen molar-refractivity contribution in [2.75, 3.05) is 26.3 Å². The van der Waals surface area contributed by atoms with Crippen LogP contribution >= 0.6 is 0 Å². The summed E-state index contributed by atoms with van der Waals surface area (Å²) in [5, 5.41) is 9.34. The molecule has 3 aliphatic heterocycles. The summed E-state index contributed by atoms with van der Waals surface area (Å²) >= 11 is 0. The number of esters is 1. The molecule has 3 fully saturated rings. The molecule has 3 heterocycles. The van der Waals surface area contributed by atoms with Crippen LogP contribution in [0.25, 0.3) is 0 Å². The molecule has 0 aromatic heterocycles. The van der Waals surface area contributed by atoms with Gasteiger partial charge in [0, 0.05) is 25.7 Å². The van der Waals surface area contributed by atoms with Gasteiger partial charge < -0.3 is 24.4 Å². The topological polar surface area (TPSA) is 96.4 Å². The molecule has 8 heteroatoms. The third-order valence-electron chi connectivity index (χ3n) is 8.47. The Kier molecular flexibility index (Phi) is 9.98. The molecule has 208 valence electrons. The van der Waals surface area contributed by atoms with Gasteiger partial charge >= 0.3 is 5.97 Å². The van der Waals surface area contributed by atoms with E-state index < -0.39 is 35.0 Å². The van der Waals surface area contributed by atoms with Gasteiger partial charge in [0.1, 0.15) is 17.6 Å². The Bertz CT molecular complexity index is 861. The molecule has 3 unspecified atom stereocenters. The summed E-state index contributed by atoms with van der Waals surface area (Å²) in [6, 6.07) is -0.832. The summed E-state index contributed by atoms with van der Waals surface area (Å²) < 4.78 is 12.3. The lowest BCUT2D eigenvalue weighted by atomic mass is 9.66. The van der Waals surface area contributed by atoms with Gasteiger partial charge in [-0.25, -0.2) is 0 Å². The van der Waals surface area contributed by atoms with E-state index in [-0.39, 0.29) is 31.1 Å². The second-order valence-corrected chi connectivity index (χ2v) is 11.1. The molecule has 0 aromatic rings. The molecule has 0 radical (unpaired) electrons. The maximum atomic E-state index is 14.2. The SMILES string of the molecule is C=CCCCCOC(=O)[C@@H]1[C@H]2C(=O)N(CCCCO)C(C(=O)N(CC=C)C(C)CCC)C23CC[C@@]1(C)O3. The Balaban J connectivity index is 1.94. The molecule has 6 atom stereocenters. The van der Waals surface area contributed by atoms with Gasteiger partial charge in [-0.05, 0) is 65.2 Å². The molecular formula is C29H46N2O6. The number of fused-ring (bicyclic) bond motifs is 1. The van der Waals surface area contributed by atoms with Gasteiger partial charge in [0.15, 0.2) is 0 Å². The number of likely N-dealkylation sites (tertiary alicyclic amines) is 1. The Morgan fingerprint density at radius 2 is 2.00 bits per heavy atom. The zero-order chi connectivity index (χ0) is 27.2.